The molecular formula is C13H16Cl2N3OS+. The number of quaternary nitrogens is 1. The van der Waals surface area contributed by atoms with E-state index in [0.717, 1.165) is 5.56 Å². The van der Waals surface area contributed by atoms with Crippen molar-refractivity contribution in [3.8, 4) is 0 Å². The van der Waals surface area contributed by atoms with Crippen LogP contribution in [0, 0.1) is 5.92 Å². The molecule has 0 saturated carbocycles. The number of hydrogen-bond donors (Lipinski definition) is 1. The van der Waals surface area contributed by atoms with Gasteiger partial charge in [-0.15, -0.1) is 10.2 Å². The molecule has 0 aliphatic carbocycles. The highest BCUT2D eigenvalue weighted by Gasteiger charge is 2.21. The standard InChI is InChI=1S/C13H15Cl2N3OS/c1-7(2)11(16)12-17-18-13(19-12)20-6-8-9(14)4-3-5-10(8)15/h3-5,7,11H,6,16H2,1-2H3/p+1. The molecule has 0 saturated heterocycles. The van der Waals surface area contributed by atoms with E-state index in [-0.39, 0.29) is 6.04 Å². The predicted molar refractivity (Wildman–Crippen MR) is 80.8 cm³/mol. The molecule has 2 aromatic rings. The Morgan fingerprint density at radius 3 is 2.50 bits per heavy atom. The number of rotatable bonds is 5. The summed E-state index contributed by atoms with van der Waals surface area (Å²) in [7, 11) is 0. The third-order valence-electron chi connectivity index (χ3n) is 2.95. The van der Waals surface area contributed by atoms with E-state index in [0.29, 0.717) is 32.8 Å². The van der Waals surface area contributed by atoms with Gasteiger partial charge in [0.15, 0.2) is 6.04 Å². The molecule has 1 aromatic carbocycles. The summed E-state index contributed by atoms with van der Waals surface area (Å²) in [4.78, 5) is 0. The first kappa shape index (κ1) is 15.6. The van der Waals surface area contributed by atoms with Crippen molar-refractivity contribution >= 4 is 35.0 Å². The molecule has 7 heteroatoms. The van der Waals surface area contributed by atoms with Crippen LogP contribution in [0.15, 0.2) is 27.8 Å². The fourth-order valence-electron chi connectivity index (χ4n) is 1.52. The fraction of sp³-hybridized carbons (Fsp3) is 0.385. The van der Waals surface area contributed by atoms with Crippen molar-refractivity contribution in [2.24, 2.45) is 5.92 Å². The SMILES string of the molecule is CC(C)C([NH3+])c1nnc(SCc2c(Cl)cccc2Cl)o1. The molecule has 20 heavy (non-hydrogen) atoms. The summed E-state index contributed by atoms with van der Waals surface area (Å²) in [6, 6.07) is 5.45. The van der Waals surface area contributed by atoms with E-state index in [4.69, 9.17) is 27.6 Å². The van der Waals surface area contributed by atoms with Gasteiger partial charge in [0.25, 0.3) is 11.1 Å². The van der Waals surface area contributed by atoms with Crippen molar-refractivity contribution in [2.45, 2.75) is 30.9 Å². The first-order valence-electron chi connectivity index (χ1n) is 6.21. The van der Waals surface area contributed by atoms with Gasteiger partial charge in [0.2, 0.25) is 0 Å². The Morgan fingerprint density at radius 2 is 1.90 bits per heavy atom. The highest BCUT2D eigenvalue weighted by molar-refractivity contribution is 7.98. The number of halogens is 2. The van der Waals surface area contributed by atoms with Crippen LogP contribution in [0.5, 0.6) is 0 Å². The van der Waals surface area contributed by atoms with Gasteiger partial charge in [-0.05, 0) is 17.7 Å². The van der Waals surface area contributed by atoms with Gasteiger partial charge in [-0.25, -0.2) is 0 Å². The molecule has 108 valence electrons. The van der Waals surface area contributed by atoms with Crippen molar-refractivity contribution in [2.75, 3.05) is 0 Å². The van der Waals surface area contributed by atoms with Crippen molar-refractivity contribution in [1.82, 2.24) is 10.2 Å². The Hall–Kier alpha value is -0.750. The minimum atomic E-state index is 0.000696. The van der Waals surface area contributed by atoms with Crippen LogP contribution in [0.1, 0.15) is 31.3 Å². The predicted octanol–water partition coefficient (Wildman–Crippen LogP) is 3.61. The smallest absolute Gasteiger partial charge is 0.277 e. The van der Waals surface area contributed by atoms with E-state index >= 15 is 0 Å². The average Bonchev–Trinajstić information content (AvgIpc) is 2.86. The minimum Gasteiger partial charge on any atom is -0.410 e. The zero-order chi connectivity index (χ0) is 14.7. The van der Waals surface area contributed by atoms with Gasteiger partial charge in [0.1, 0.15) is 0 Å². The fourth-order valence-corrected chi connectivity index (χ4v) is 3.03. The summed E-state index contributed by atoms with van der Waals surface area (Å²) in [6.07, 6.45) is 0. The van der Waals surface area contributed by atoms with E-state index in [1.54, 1.807) is 0 Å². The Kier molecular flexibility index (Phi) is 5.32. The molecule has 0 fully saturated rings. The molecule has 0 aliphatic heterocycles. The molecule has 0 aliphatic rings. The Labute approximate surface area is 132 Å². The monoisotopic (exact) mass is 332 g/mol. The lowest BCUT2D eigenvalue weighted by Gasteiger charge is -2.06. The zero-order valence-electron chi connectivity index (χ0n) is 11.3. The van der Waals surface area contributed by atoms with E-state index in [1.165, 1.54) is 11.8 Å². The molecular weight excluding hydrogens is 317 g/mol. The quantitative estimate of drug-likeness (QED) is 0.849. The van der Waals surface area contributed by atoms with Gasteiger partial charge in [0.05, 0.1) is 0 Å². The molecule has 1 heterocycles. The summed E-state index contributed by atoms with van der Waals surface area (Å²) in [5.41, 5.74) is 4.89. The highest BCUT2D eigenvalue weighted by atomic mass is 35.5. The van der Waals surface area contributed by atoms with E-state index < -0.39 is 0 Å². The number of nitrogens with zero attached hydrogens (tertiary/aromatic N) is 2. The van der Waals surface area contributed by atoms with Crippen molar-refractivity contribution in [3.63, 3.8) is 0 Å². The second kappa shape index (κ2) is 6.80. The van der Waals surface area contributed by atoms with Crippen LogP contribution < -0.4 is 5.73 Å². The molecule has 0 amide bonds. The van der Waals surface area contributed by atoms with Crippen LogP contribution in [0.4, 0.5) is 0 Å². The van der Waals surface area contributed by atoms with Crippen LogP contribution >= 0.6 is 35.0 Å². The number of hydrogen-bond acceptors (Lipinski definition) is 4. The Balaban J connectivity index is 2.05. The van der Waals surface area contributed by atoms with E-state index in [2.05, 4.69) is 29.8 Å². The molecule has 4 nitrogen and oxygen atoms in total. The third-order valence-corrected chi connectivity index (χ3v) is 4.50. The normalized spacial score (nSPS) is 12.9. The number of thioether (sulfide) groups is 1. The molecule has 2 rings (SSSR count). The first-order chi connectivity index (χ1) is 9.49. The van der Waals surface area contributed by atoms with E-state index in [9.17, 15) is 0 Å². The lowest BCUT2D eigenvalue weighted by Crippen LogP contribution is -2.56. The van der Waals surface area contributed by atoms with E-state index in [1.807, 2.05) is 18.2 Å². The maximum absolute atomic E-state index is 6.12. The maximum atomic E-state index is 6.12. The summed E-state index contributed by atoms with van der Waals surface area (Å²) in [5, 5.41) is 9.83. The van der Waals surface area contributed by atoms with Gasteiger partial charge in [-0.1, -0.05) is 54.9 Å². The Morgan fingerprint density at radius 1 is 1.25 bits per heavy atom. The van der Waals surface area contributed by atoms with Crippen LogP contribution in [-0.4, -0.2) is 10.2 Å². The first-order valence-corrected chi connectivity index (χ1v) is 7.95. The molecule has 1 aromatic heterocycles. The lowest BCUT2D eigenvalue weighted by molar-refractivity contribution is -0.443. The van der Waals surface area contributed by atoms with Gasteiger partial charge in [0, 0.05) is 21.7 Å². The molecule has 3 N–H and O–H groups in total. The van der Waals surface area contributed by atoms with Crippen LogP contribution in [0.2, 0.25) is 10.0 Å². The summed E-state index contributed by atoms with van der Waals surface area (Å²) >= 11 is 13.7. The van der Waals surface area contributed by atoms with Crippen LogP contribution in [0.3, 0.4) is 0 Å². The summed E-state index contributed by atoms with van der Waals surface area (Å²) < 4.78 is 5.60. The van der Waals surface area contributed by atoms with Gasteiger partial charge < -0.3 is 10.2 Å². The second-order valence-corrected chi connectivity index (χ2v) is 6.49. The largest absolute Gasteiger partial charge is 0.410 e. The summed E-state index contributed by atoms with van der Waals surface area (Å²) in [5.74, 6) is 1.50. The van der Waals surface area contributed by atoms with Crippen molar-refractivity contribution in [1.29, 1.82) is 0 Å². The third kappa shape index (κ3) is 3.67. The number of benzene rings is 1. The minimum absolute atomic E-state index is 0.000696. The molecule has 1 atom stereocenters. The average molecular weight is 333 g/mol. The summed E-state index contributed by atoms with van der Waals surface area (Å²) in [6.45, 7) is 4.14. The number of aromatic nitrogens is 2. The lowest BCUT2D eigenvalue weighted by atomic mass is 10.1. The zero-order valence-corrected chi connectivity index (χ0v) is 13.6. The molecule has 0 spiro atoms. The van der Waals surface area contributed by atoms with Gasteiger partial charge in [-0.3, -0.25) is 0 Å². The van der Waals surface area contributed by atoms with Crippen LogP contribution in [-0.2, 0) is 5.75 Å². The van der Waals surface area contributed by atoms with Crippen LogP contribution in [0.25, 0.3) is 0 Å². The molecule has 0 bridgehead atoms. The second-order valence-electron chi connectivity index (χ2n) is 4.75. The Bertz CT molecular complexity index is 568. The van der Waals surface area contributed by atoms with Gasteiger partial charge in [-0.2, -0.15) is 0 Å². The maximum Gasteiger partial charge on any atom is 0.277 e. The van der Waals surface area contributed by atoms with Gasteiger partial charge >= 0.3 is 0 Å². The van der Waals surface area contributed by atoms with Crippen molar-refractivity contribution in [3.05, 3.63) is 39.7 Å². The topological polar surface area (TPSA) is 66.6 Å². The van der Waals surface area contributed by atoms with Crippen molar-refractivity contribution < 1.29 is 10.2 Å². The highest BCUT2D eigenvalue weighted by Crippen LogP contribution is 2.31. The molecule has 0 radical (unpaired) electrons. The molecule has 1 unspecified atom stereocenters.